The molecule has 2 aromatic rings. The van der Waals surface area contributed by atoms with Gasteiger partial charge in [0.2, 0.25) is 11.8 Å². The summed E-state index contributed by atoms with van der Waals surface area (Å²) in [5.74, 6) is -0.533. The Hall–Kier alpha value is -2.48. The number of imide groups is 1. The summed E-state index contributed by atoms with van der Waals surface area (Å²) in [6.07, 6.45) is 1.34. The third kappa shape index (κ3) is 3.55. The Kier molecular flexibility index (Phi) is 5.22. The Morgan fingerprint density at radius 1 is 1.19 bits per heavy atom. The zero-order valence-corrected chi connectivity index (χ0v) is 16.1. The lowest BCUT2D eigenvalue weighted by atomic mass is 10.1. The summed E-state index contributed by atoms with van der Waals surface area (Å²) < 4.78 is 0.645. The average Bonchev–Trinajstić information content (AvgIpc) is 2.98. The molecular formula is C18H19BrN4O3. The number of nitrogens with one attached hydrogen (secondary N) is 2. The fourth-order valence-electron chi connectivity index (χ4n) is 2.80. The normalized spacial score (nSPS) is 14.8. The van der Waals surface area contributed by atoms with Gasteiger partial charge in [0.05, 0.1) is 15.9 Å². The standard InChI is InChI=1S/C18H19BrN4O3/c1-10(2)16-15(19)17(22-21-16)18(26)20-11-6-8-12(9-7-11)23-13(24)4-3-5-14(23)25/h6-10H,3-5H2,1-2H3,(H,20,26)(H,21,22). The van der Waals surface area contributed by atoms with Crippen LogP contribution in [0.4, 0.5) is 11.4 Å². The van der Waals surface area contributed by atoms with Crippen LogP contribution in [0.1, 0.15) is 55.2 Å². The molecule has 0 atom stereocenters. The molecule has 0 aliphatic carbocycles. The summed E-state index contributed by atoms with van der Waals surface area (Å²) in [4.78, 5) is 37.6. The molecule has 1 aliphatic rings. The third-order valence-electron chi connectivity index (χ3n) is 4.19. The fraction of sp³-hybridized carbons (Fsp3) is 0.333. The number of piperidine rings is 1. The number of amides is 3. The molecule has 1 aliphatic heterocycles. The summed E-state index contributed by atoms with van der Waals surface area (Å²) in [6, 6.07) is 6.62. The van der Waals surface area contributed by atoms with Gasteiger partial charge in [-0.3, -0.25) is 24.4 Å². The number of rotatable bonds is 4. The van der Waals surface area contributed by atoms with E-state index in [0.29, 0.717) is 35.1 Å². The molecular weight excluding hydrogens is 400 g/mol. The molecule has 1 saturated heterocycles. The van der Waals surface area contributed by atoms with Gasteiger partial charge < -0.3 is 5.32 Å². The number of halogens is 1. The predicted molar refractivity (Wildman–Crippen MR) is 101 cm³/mol. The van der Waals surface area contributed by atoms with Gasteiger partial charge >= 0.3 is 0 Å². The van der Waals surface area contributed by atoms with Crippen LogP contribution in [0.15, 0.2) is 28.7 Å². The number of H-pyrrole nitrogens is 1. The lowest BCUT2D eigenvalue weighted by molar-refractivity contribution is -0.129. The van der Waals surface area contributed by atoms with Crippen molar-refractivity contribution in [3.63, 3.8) is 0 Å². The minimum Gasteiger partial charge on any atom is -0.321 e. The highest BCUT2D eigenvalue weighted by molar-refractivity contribution is 9.10. The third-order valence-corrected chi connectivity index (χ3v) is 4.99. The van der Waals surface area contributed by atoms with Crippen LogP contribution in [0, 0.1) is 0 Å². The van der Waals surface area contributed by atoms with Crippen LogP contribution in [0.25, 0.3) is 0 Å². The molecule has 0 saturated carbocycles. The highest BCUT2D eigenvalue weighted by Gasteiger charge is 2.27. The van der Waals surface area contributed by atoms with E-state index in [1.807, 2.05) is 13.8 Å². The lowest BCUT2D eigenvalue weighted by Gasteiger charge is -2.24. The Morgan fingerprint density at radius 2 is 1.81 bits per heavy atom. The van der Waals surface area contributed by atoms with Crippen molar-refractivity contribution in [2.75, 3.05) is 10.2 Å². The number of nitrogens with zero attached hydrogens (tertiary/aromatic N) is 2. The first-order valence-electron chi connectivity index (χ1n) is 8.39. The molecule has 136 valence electrons. The summed E-state index contributed by atoms with van der Waals surface area (Å²) in [6.45, 7) is 4.00. The maximum absolute atomic E-state index is 12.4. The van der Waals surface area contributed by atoms with E-state index >= 15 is 0 Å². The van der Waals surface area contributed by atoms with Gasteiger partial charge in [0.15, 0.2) is 5.69 Å². The number of aromatic nitrogens is 2. The molecule has 0 bridgehead atoms. The molecule has 0 radical (unpaired) electrons. The van der Waals surface area contributed by atoms with Gasteiger partial charge in [-0.25, -0.2) is 0 Å². The number of carbonyl (C=O) groups excluding carboxylic acids is 3. The van der Waals surface area contributed by atoms with Gasteiger partial charge in [0, 0.05) is 18.5 Å². The van der Waals surface area contributed by atoms with Gasteiger partial charge in [-0.2, -0.15) is 5.10 Å². The van der Waals surface area contributed by atoms with E-state index in [-0.39, 0.29) is 29.3 Å². The topological polar surface area (TPSA) is 95.2 Å². The molecule has 26 heavy (non-hydrogen) atoms. The smallest absolute Gasteiger partial charge is 0.277 e. The predicted octanol–water partition coefficient (Wildman–Crippen LogP) is 3.59. The van der Waals surface area contributed by atoms with Crippen LogP contribution in [0.3, 0.4) is 0 Å². The average molecular weight is 419 g/mol. The molecule has 8 heteroatoms. The highest BCUT2D eigenvalue weighted by atomic mass is 79.9. The van der Waals surface area contributed by atoms with Crippen molar-refractivity contribution in [3.8, 4) is 0 Å². The number of hydrogen-bond acceptors (Lipinski definition) is 4. The van der Waals surface area contributed by atoms with E-state index in [9.17, 15) is 14.4 Å². The van der Waals surface area contributed by atoms with Crippen molar-refractivity contribution < 1.29 is 14.4 Å². The summed E-state index contributed by atoms with van der Waals surface area (Å²) in [5.41, 5.74) is 2.20. The van der Waals surface area contributed by atoms with Crippen molar-refractivity contribution in [2.45, 2.75) is 39.0 Å². The van der Waals surface area contributed by atoms with E-state index in [1.165, 1.54) is 4.90 Å². The summed E-state index contributed by atoms with van der Waals surface area (Å²) >= 11 is 3.41. The highest BCUT2D eigenvalue weighted by Crippen LogP contribution is 2.27. The van der Waals surface area contributed by atoms with Gasteiger partial charge in [0.25, 0.3) is 5.91 Å². The molecule has 1 aromatic carbocycles. The fourth-order valence-corrected chi connectivity index (χ4v) is 3.62. The van der Waals surface area contributed by atoms with Crippen molar-refractivity contribution in [3.05, 3.63) is 40.1 Å². The van der Waals surface area contributed by atoms with E-state index in [2.05, 4.69) is 31.4 Å². The molecule has 0 unspecified atom stereocenters. The number of carbonyl (C=O) groups is 3. The molecule has 1 aromatic heterocycles. The summed E-state index contributed by atoms with van der Waals surface area (Å²) in [5, 5.41) is 9.69. The Labute approximate surface area is 159 Å². The van der Waals surface area contributed by atoms with Gasteiger partial charge in [-0.1, -0.05) is 13.8 Å². The van der Waals surface area contributed by atoms with E-state index in [1.54, 1.807) is 24.3 Å². The first kappa shape index (κ1) is 18.3. The van der Waals surface area contributed by atoms with Crippen LogP contribution >= 0.6 is 15.9 Å². The van der Waals surface area contributed by atoms with Crippen molar-refractivity contribution >= 4 is 45.0 Å². The minimum atomic E-state index is -0.349. The van der Waals surface area contributed by atoms with Gasteiger partial charge in [0.1, 0.15) is 0 Å². The Balaban J connectivity index is 1.74. The maximum atomic E-state index is 12.4. The van der Waals surface area contributed by atoms with Crippen LogP contribution in [0.2, 0.25) is 0 Å². The van der Waals surface area contributed by atoms with Crippen molar-refractivity contribution in [1.82, 2.24) is 10.2 Å². The second-order valence-electron chi connectivity index (χ2n) is 6.43. The van der Waals surface area contributed by atoms with E-state index in [4.69, 9.17) is 0 Å². The van der Waals surface area contributed by atoms with Crippen molar-refractivity contribution in [1.29, 1.82) is 0 Å². The van der Waals surface area contributed by atoms with Crippen molar-refractivity contribution in [2.24, 2.45) is 0 Å². The molecule has 1 fully saturated rings. The SMILES string of the molecule is CC(C)c1[nH]nc(C(=O)Nc2ccc(N3C(=O)CCCC3=O)cc2)c1Br. The monoisotopic (exact) mass is 418 g/mol. The quantitative estimate of drug-likeness (QED) is 0.741. The lowest BCUT2D eigenvalue weighted by Crippen LogP contribution is -2.40. The van der Waals surface area contributed by atoms with E-state index in [0.717, 1.165) is 5.69 Å². The number of aromatic amines is 1. The van der Waals surface area contributed by atoms with Crippen LogP contribution in [0.5, 0.6) is 0 Å². The minimum absolute atomic E-state index is 0.195. The summed E-state index contributed by atoms with van der Waals surface area (Å²) in [7, 11) is 0. The Bertz CT molecular complexity index is 842. The van der Waals surface area contributed by atoms with Crippen LogP contribution in [-0.2, 0) is 9.59 Å². The largest absolute Gasteiger partial charge is 0.321 e. The molecule has 2 N–H and O–H groups in total. The van der Waals surface area contributed by atoms with E-state index < -0.39 is 0 Å². The molecule has 3 amide bonds. The first-order chi connectivity index (χ1) is 12.4. The van der Waals surface area contributed by atoms with Gasteiger partial charge in [-0.15, -0.1) is 0 Å². The van der Waals surface area contributed by atoms with Crippen LogP contribution in [-0.4, -0.2) is 27.9 Å². The molecule has 2 heterocycles. The zero-order valence-electron chi connectivity index (χ0n) is 14.5. The maximum Gasteiger partial charge on any atom is 0.277 e. The molecule has 7 nitrogen and oxygen atoms in total. The number of anilines is 2. The van der Waals surface area contributed by atoms with Crippen LogP contribution < -0.4 is 10.2 Å². The molecule has 3 rings (SSSR count). The Morgan fingerprint density at radius 3 is 2.35 bits per heavy atom. The second-order valence-corrected chi connectivity index (χ2v) is 7.23. The first-order valence-corrected chi connectivity index (χ1v) is 9.18. The zero-order chi connectivity index (χ0) is 18.8. The molecule has 0 spiro atoms. The second kappa shape index (κ2) is 7.41. The number of hydrogen-bond donors (Lipinski definition) is 2. The number of benzene rings is 1. The van der Waals surface area contributed by atoms with Gasteiger partial charge in [-0.05, 0) is 52.5 Å².